The number of benzene rings is 2. The van der Waals surface area contributed by atoms with Crippen LogP contribution in [0.1, 0.15) is 12.5 Å². The highest BCUT2D eigenvalue weighted by Crippen LogP contribution is 2.33. The molecular formula is C17H18BrN3O2. The number of ether oxygens (including phenoxy) is 2. The van der Waals surface area contributed by atoms with E-state index < -0.39 is 0 Å². The number of rotatable bonds is 8. The molecule has 2 aromatic rings. The summed E-state index contributed by atoms with van der Waals surface area (Å²) in [6.45, 7) is 3.01. The van der Waals surface area contributed by atoms with Gasteiger partial charge in [-0.1, -0.05) is 34.1 Å². The Morgan fingerprint density at radius 1 is 1.13 bits per heavy atom. The predicted octanol–water partition coefficient (Wildman–Crippen LogP) is 3.87. The minimum absolute atomic E-state index is 0.0142. The van der Waals surface area contributed by atoms with Gasteiger partial charge in [0, 0.05) is 16.7 Å². The van der Waals surface area contributed by atoms with Gasteiger partial charge in [0.2, 0.25) is 0 Å². The molecule has 6 heteroatoms. The van der Waals surface area contributed by atoms with E-state index in [1.54, 1.807) is 0 Å². The third-order valence-electron chi connectivity index (χ3n) is 2.99. The minimum Gasteiger partial charge on any atom is -0.490 e. The average molecular weight is 376 g/mol. The van der Waals surface area contributed by atoms with Gasteiger partial charge in [-0.05, 0) is 36.8 Å². The second-order valence-electron chi connectivity index (χ2n) is 4.61. The standard InChI is InChI=1S/C17H18BrN3O2/c1-2-22-16-10-13(15(18)11-17(16)23-9-8-19)12-20-21-14-6-4-3-5-7-14/h3-7,10-11,20-21H,2,9,12H2,1H3. The molecule has 0 aliphatic carbocycles. The van der Waals surface area contributed by atoms with Crippen molar-refractivity contribution in [2.75, 3.05) is 18.6 Å². The van der Waals surface area contributed by atoms with E-state index in [-0.39, 0.29) is 6.61 Å². The first kappa shape index (κ1) is 17.1. The average Bonchev–Trinajstić information content (AvgIpc) is 2.57. The number of hydrazine groups is 1. The maximum Gasteiger partial charge on any atom is 0.174 e. The number of hydrogen-bond donors (Lipinski definition) is 2. The molecule has 23 heavy (non-hydrogen) atoms. The first-order valence-corrected chi connectivity index (χ1v) is 8.02. The minimum atomic E-state index is -0.0142. The van der Waals surface area contributed by atoms with Gasteiger partial charge in [-0.3, -0.25) is 0 Å². The molecule has 5 nitrogen and oxygen atoms in total. The van der Waals surface area contributed by atoms with Crippen LogP contribution in [-0.2, 0) is 6.54 Å². The molecule has 0 fully saturated rings. The Morgan fingerprint density at radius 3 is 2.57 bits per heavy atom. The fraction of sp³-hybridized carbons (Fsp3) is 0.235. The van der Waals surface area contributed by atoms with Crippen molar-refractivity contribution in [3.8, 4) is 17.6 Å². The number of nitrogens with one attached hydrogen (secondary N) is 2. The zero-order valence-corrected chi connectivity index (χ0v) is 14.4. The van der Waals surface area contributed by atoms with E-state index >= 15 is 0 Å². The van der Waals surface area contributed by atoms with Crippen molar-refractivity contribution in [2.45, 2.75) is 13.5 Å². The Labute approximate surface area is 144 Å². The first-order chi connectivity index (χ1) is 11.2. The van der Waals surface area contributed by atoms with Gasteiger partial charge < -0.3 is 14.9 Å². The number of nitrogens with zero attached hydrogens (tertiary/aromatic N) is 1. The lowest BCUT2D eigenvalue weighted by molar-refractivity contribution is 0.298. The molecule has 2 N–H and O–H groups in total. The fourth-order valence-corrected chi connectivity index (χ4v) is 2.43. The summed E-state index contributed by atoms with van der Waals surface area (Å²) in [5.74, 6) is 1.18. The van der Waals surface area contributed by atoms with Crippen LogP contribution in [0.2, 0.25) is 0 Å². The van der Waals surface area contributed by atoms with Crippen LogP contribution >= 0.6 is 15.9 Å². The van der Waals surface area contributed by atoms with Crippen molar-refractivity contribution in [1.29, 1.82) is 5.26 Å². The molecule has 120 valence electrons. The molecule has 0 aliphatic heterocycles. The maximum absolute atomic E-state index is 8.65. The molecule has 0 unspecified atom stereocenters. The lowest BCUT2D eigenvalue weighted by Gasteiger charge is -2.15. The zero-order valence-electron chi connectivity index (χ0n) is 12.8. The van der Waals surface area contributed by atoms with Crippen molar-refractivity contribution >= 4 is 21.6 Å². The van der Waals surface area contributed by atoms with Gasteiger partial charge in [0.1, 0.15) is 6.07 Å². The number of anilines is 1. The van der Waals surface area contributed by atoms with Gasteiger partial charge in [0.05, 0.1) is 6.61 Å². The summed E-state index contributed by atoms with van der Waals surface area (Å²) >= 11 is 3.52. The number of para-hydroxylation sites is 1. The highest BCUT2D eigenvalue weighted by molar-refractivity contribution is 9.10. The van der Waals surface area contributed by atoms with Crippen molar-refractivity contribution < 1.29 is 9.47 Å². The Kier molecular flexibility index (Phi) is 6.73. The van der Waals surface area contributed by atoms with Crippen molar-refractivity contribution in [2.24, 2.45) is 0 Å². The SMILES string of the molecule is CCOc1cc(CNNc2ccccc2)c(Br)cc1OCC#N. The quantitative estimate of drug-likeness (QED) is 0.685. The highest BCUT2D eigenvalue weighted by atomic mass is 79.9. The van der Waals surface area contributed by atoms with E-state index in [9.17, 15) is 0 Å². The maximum atomic E-state index is 8.65. The second-order valence-corrected chi connectivity index (χ2v) is 5.47. The smallest absolute Gasteiger partial charge is 0.174 e. The summed E-state index contributed by atoms with van der Waals surface area (Å²) in [6, 6.07) is 15.5. The third kappa shape index (κ3) is 5.16. The monoisotopic (exact) mass is 375 g/mol. The summed E-state index contributed by atoms with van der Waals surface area (Å²) < 4.78 is 11.9. The number of nitriles is 1. The van der Waals surface area contributed by atoms with Crippen LogP contribution in [0, 0.1) is 11.3 Å². The van der Waals surface area contributed by atoms with Crippen LogP contribution < -0.4 is 20.3 Å². The molecule has 0 heterocycles. The second kappa shape index (κ2) is 9.03. The molecule has 0 bridgehead atoms. The van der Waals surface area contributed by atoms with Crippen LogP contribution in [0.4, 0.5) is 5.69 Å². The summed E-state index contributed by atoms with van der Waals surface area (Å²) in [5.41, 5.74) is 8.30. The zero-order chi connectivity index (χ0) is 16.5. The number of hydrogen-bond acceptors (Lipinski definition) is 5. The molecular weight excluding hydrogens is 358 g/mol. The van der Waals surface area contributed by atoms with Gasteiger partial charge in [-0.15, -0.1) is 0 Å². The van der Waals surface area contributed by atoms with Crippen LogP contribution in [0.3, 0.4) is 0 Å². The van der Waals surface area contributed by atoms with Crippen molar-refractivity contribution in [3.63, 3.8) is 0 Å². The van der Waals surface area contributed by atoms with Gasteiger partial charge in [0.25, 0.3) is 0 Å². The Balaban J connectivity index is 2.06. The molecule has 0 aromatic heterocycles. The molecule has 2 aromatic carbocycles. The van der Waals surface area contributed by atoms with E-state index in [4.69, 9.17) is 14.7 Å². The summed E-state index contributed by atoms with van der Waals surface area (Å²) in [7, 11) is 0. The van der Waals surface area contributed by atoms with Gasteiger partial charge >= 0.3 is 0 Å². The van der Waals surface area contributed by atoms with E-state index in [0.29, 0.717) is 24.7 Å². The van der Waals surface area contributed by atoms with Crippen molar-refractivity contribution in [3.05, 3.63) is 52.5 Å². The Morgan fingerprint density at radius 2 is 1.87 bits per heavy atom. The largest absolute Gasteiger partial charge is 0.490 e. The lowest BCUT2D eigenvalue weighted by Crippen LogP contribution is -2.21. The third-order valence-corrected chi connectivity index (χ3v) is 3.73. The van der Waals surface area contributed by atoms with Crippen LogP contribution in [-0.4, -0.2) is 13.2 Å². The molecule has 0 radical (unpaired) electrons. The highest BCUT2D eigenvalue weighted by Gasteiger charge is 2.11. The molecule has 0 saturated carbocycles. The van der Waals surface area contributed by atoms with E-state index in [0.717, 1.165) is 15.7 Å². The lowest BCUT2D eigenvalue weighted by atomic mass is 10.2. The van der Waals surface area contributed by atoms with E-state index in [1.807, 2.05) is 55.5 Å². The van der Waals surface area contributed by atoms with Crippen LogP contribution in [0.5, 0.6) is 11.5 Å². The molecule has 0 spiro atoms. The Bertz CT molecular complexity index is 672. The van der Waals surface area contributed by atoms with E-state index in [1.165, 1.54) is 0 Å². The molecule has 0 atom stereocenters. The van der Waals surface area contributed by atoms with Gasteiger partial charge in [0.15, 0.2) is 18.1 Å². The van der Waals surface area contributed by atoms with Crippen LogP contribution in [0.25, 0.3) is 0 Å². The molecule has 2 rings (SSSR count). The molecule has 0 aliphatic rings. The van der Waals surface area contributed by atoms with Gasteiger partial charge in [-0.25, -0.2) is 5.43 Å². The van der Waals surface area contributed by atoms with Gasteiger partial charge in [-0.2, -0.15) is 5.26 Å². The van der Waals surface area contributed by atoms with Crippen LogP contribution in [0.15, 0.2) is 46.9 Å². The molecule has 0 amide bonds. The fourth-order valence-electron chi connectivity index (χ4n) is 1.97. The first-order valence-electron chi connectivity index (χ1n) is 7.23. The summed E-state index contributed by atoms with van der Waals surface area (Å²) in [5, 5.41) is 8.65. The Hall–Kier alpha value is -2.23. The summed E-state index contributed by atoms with van der Waals surface area (Å²) in [4.78, 5) is 0. The normalized spacial score (nSPS) is 9.96. The topological polar surface area (TPSA) is 66.3 Å². The summed E-state index contributed by atoms with van der Waals surface area (Å²) in [6.07, 6.45) is 0. The predicted molar refractivity (Wildman–Crippen MR) is 93.3 cm³/mol. The number of halogens is 1. The van der Waals surface area contributed by atoms with E-state index in [2.05, 4.69) is 26.8 Å². The molecule has 0 saturated heterocycles. The van der Waals surface area contributed by atoms with Crippen molar-refractivity contribution in [1.82, 2.24) is 5.43 Å².